The first kappa shape index (κ1) is 10.9. The molecule has 1 atom stereocenters. The monoisotopic (exact) mass is 203 g/mol. The van der Waals surface area contributed by atoms with Crippen LogP contribution in [0.15, 0.2) is 0 Å². The third-order valence-electron chi connectivity index (χ3n) is 2.48. The average molecular weight is 203 g/mol. The first-order valence-electron chi connectivity index (χ1n) is 4.61. The molecule has 0 aromatic heterocycles. The fourth-order valence-electron chi connectivity index (χ4n) is 1.65. The van der Waals surface area contributed by atoms with E-state index < -0.39 is 0 Å². The van der Waals surface area contributed by atoms with E-state index in [1.165, 1.54) is 0 Å². The zero-order valence-corrected chi connectivity index (χ0v) is 9.00. The van der Waals surface area contributed by atoms with Crippen molar-refractivity contribution in [1.82, 2.24) is 4.90 Å². The van der Waals surface area contributed by atoms with Gasteiger partial charge >= 0.3 is 0 Å². The van der Waals surface area contributed by atoms with Gasteiger partial charge in [-0.1, -0.05) is 0 Å². The van der Waals surface area contributed by atoms with E-state index in [0.717, 1.165) is 19.4 Å². The number of hydrogen-bond acceptors (Lipinski definition) is 3. The van der Waals surface area contributed by atoms with Crippen LogP contribution in [0.25, 0.3) is 0 Å². The highest BCUT2D eigenvalue weighted by Gasteiger charge is 2.29. The van der Waals surface area contributed by atoms with Gasteiger partial charge in [-0.3, -0.25) is 4.79 Å². The van der Waals surface area contributed by atoms with Gasteiger partial charge in [0.15, 0.2) is 0 Å². The molecule has 1 aliphatic rings. The molecule has 1 saturated carbocycles. The van der Waals surface area contributed by atoms with E-state index in [4.69, 9.17) is 5.11 Å². The topological polar surface area (TPSA) is 40.5 Å². The van der Waals surface area contributed by atoms with Crippen molar-refractivity contribution in [3.8, 4) is 0 Å². The number of carbonyl (C=O) groups is 1. The summed E-state index contributed by atoms with van der Waals surface area (Å²) in [6.07, 6.45) is 1.53. The lowest BCUT2D eigenvalue weighted by Crippen LogP contribution is -2.41. The number of hydrogen-bond donors (Lipinski definition) is 2. The first-order valence-corrected chi connectivity index (χ1v) is 5.13. The van der Waals surface area contributed by atoms with Gasteiger partial charge in [-0.05, 0) is 25.7 Å². The van der Waals surface area contributed by atoms with Crippen LogP contribution in [0.2, 0.25) is 0 Å². The fourth-order valence-corrected chi connectivity index (χ4v) is 1.84. The molecule has 0 spiro atoms. The van der Waals surface area contributed by atoms with Gasteiger partial charge in [-0.25, -0.2) is 0 Å². The third-order valence-corrected chi connectivity index (χ3v) is 2.70. The summed E-state index contributed by atoms with van der Waals surface area (Å²) in [5.74, 6) is 0.542. The van der Waals surface area contributed by atoms with Crippen molar-refractivity contribution in [2.75, 3.05) is 13.6 Å². The molecule has 1 aliphatic carbocycles. The quantitative estimate of drug-likeness (QED) is 0.657. The molecule has 1 fully saturated rings. The molecule has 0 radical (unpaired) electrons. The van der Waals surface area contributed by atoms with E-state index in [9.17, 15) is 4.79 Å². The van der Waals surface area contributed by atoms with Crippen molar-refractivity contribution >= 4 is 18.5 Å². The Morgan fingerprint density at radius 1 is 1.69 bits per heavy atom. The summed E-state index contributed by atoms with van der Waals surface area (Å²) in [4.78, 5) is 13.1. The number of rotatable bonds is 3. The number of amides is 1. The second-order valence-corrected chi connectivity index (χ2v) is 4.66. The van der Waals surface area contributed by atoms with E-state index in [2.05, 4.69) is 12.6 Å². The van der Waals surface area contributed by atoms with E-state index in [1.54, 1.807) is 18.9 Å². The highest BCUT2D eigenvalue weighted by molar-refractivity contribution is 7.81. The predicted octanol–water partition coefficient (Wildman–Crippen LogP) is 0.534. The molecule has 1 N–H and O–H groups in total. The van der Waals surface area contributed by atoms with Crippen LogP contribution in [-0.4, -0.2) is 40.9 Å². The zero-order valence-electron chi connectivity index (χ0n) is 8.10. The second-order valence-electron chi connectivity index (χ2n) is 3.89. The minimum Gasteiger partial charge on any atom is -0.393 e. The molecule has 0 aromatic carbocycles. The minimum absolute atomic E-state index is 0.0599. The van der Waals surface area contributed by atoms with Gasteiger partial charge in [0.25, 0.3) is 0 Å². The maximum absolute atomic E-state index is 11.4. The molecule has 0 aromatic rings. The summed E-state index contributed by atoms with van der Waals surface area (Å²) < 4.78 is 0. The Morgan fingerprint density at radius 2 is 2.23 bits per heavy atom. The Morgan fingerprint density at radius 3 is 2.62 bits per heavy atom. The first-order chi connectivity index (χ1) is 6.00. The van der Waals surface area contributed by atoms with Crippen LogP contribution in [0, 0.1) is 5.92 Å². The van der Waals surface area contributed by atoms with Crippen molar-refractivity contribution in [1.29, 1.82) is 0 Å². The Hall–Kier alpha value is -0.220. The average Bonchev–Trinajstić information content (AvgIpc) is 2.00. The van der Waals surface area contributed by atoms with Gasteiger partial charge < -0.3 is 10.0 Å². The Bertz CT molecular complexity index is 190. The van der Waals surface area contributed by atoms with E-state index >= 15 is 0 Å². The van der Waals surface area contributed by atoms with Crippen molar-refractivity contribution in [2.45, 2.75) is 31.1 Å². The highest BCUT2D eigenvalue weighted by atomic mass is 32.1. The van der Waals surface area contributed by atoms with Crippen LogP contribution in [-0.2, 0) is 4.79 Å². The Kier molecular flexibility index (Phi) is 3.62. The summed E-state index contributed by atoms with van der Waals surface area (Å²) in [5.41, 5.74) is 0. The van der Waals surface area contributed by atoms with Crippen molar-refractivity contribution in [3.05, 3.63) is 0 Å². The lowest BCUT2D eigenvalue weighted by atomic mass is 9.82. The maximum Gasteiger partial charge on any atom is 0.234 e. The molecule has 13 heavy (non-hydrogen) atoms. The van der Waals surface area contributed by atoms with Gasteiger partial charge in [0, 0.05) is 13.6 Å². The molecule has 0 bridgehead atoms. The summed E-state index contributed by atoms with van der Waals surface area (Å²) in [6, 6.07) is 0. The molecule has 0 heterocycles. The molecule has 76 valence electrons. The maximum atomic E-state index is 11.4. The van der Waals surface area contributed by atoms with Gasteiger partial charge in [0.2, 0.25) is 5.91 Å². The number of thiol groups is 1. The fraction of sp³-hybridized carbons (Fsp3) is 0.889. The van der Waals surface area contributed by atoms with Gasteiger partial charge in [-0.15, -0.1) is 0 Å². The second kappa shape index (κ2) is 4.33. The SMILES string of the molecule is CC(S)C(=O)N(C)CC1CC(O)C1. The van der Waals surface area contributed by atoms with Crippen LogP contribution in [0.4, 0.5) is 0 Å². The summed E-state index contributed by atoms with van der Waals surface area (Å²) in [5, 5.41) is 8.83. The van der Waals surface area contributed by atoms with Crippen molar-refractivity contribution < 1.29 is 9.90 Å². The standard InChI is InChI=1S/C9H17NO2S/c1-6(13)9(12)10(2)5-7-3-8(11)4-7/h6-8,11,13H,3-5H2,1-2H3. The Labute approximate surface area is 84.5 Å². The molecule has 0 saturated heterocycles. The van der Waals surface area contributed by atoms with Crippen LogP contribution in [0.1, 0.15) is 19.8 Å². The van der Waals surface area contributed by atoms with Crippen LogP contribution >= 0.6 is 12.6 Å². The highest BCUT2D eigenvalue weighted by Crippen LogP contribution is 2.27. The van der Waals surface area contributed by atoms with Gasteiger partial charge in [-0.2, -0.15) is 12.6 Å². The molecule has 3 nitrogen and oxygen atoms in total. The molecular formula is C9H17NO2S. The van der Waals surface area contributed by atoms with Gasteiger partial charge in [0.05, 0.1) is 11.4 Å². The molecule has 1 unspecified atom stereocenters. The lowest BCUT2D eigenvalue weighted by molar-refractivity contribution is -0.130. The molecule has 1 amide bonds. The van der Waals surface area contributed by atoms with Crippen LogP contribution in [0.5, 0.6) is 0 Å². The number of nitrogens with zero attached hydrogens (tertiary/aromatic N) is 1. The van der Waals surface area contributed by atoms with Crippen molar-refractivity contribution in [3.63, 3.8) is 0 Å². The van der Waals surface area contributed by atoms with E-state index in [-0.39, 0.29) is 17.3 Å². The van der Waals surface area contributed by atoms with Crippen molar-refractivity contribution in [2.24, 2.45) is 5.92 Å². The predicted molar refractivity (Wildman–Crippen MR) is 54.8 cm³/mol. The van der Waals surface area contributed by atoms with E-state index in [0.29, 0.717) is 5.92 Å². The summed E-state index contributed by atoms with van der Waals surface area (Å²) in [7, 11) is 1.79. The van der Waals surface area contributed by atoms with Crippen LogP contribution in [0.3, 0.4) is 0 Å². The Balaban J connectivity index is 2.25. The van der Waals surface area contributed by atoms with Gasteiger partial charge in [0.1, 0.15) is 0 Å². The molecule has 1 rings (SSSR count). The zero-order chi connectivity index (χ0) is 10.0. The molecular weight excluding hydrogens is 186 g/mol. The summed E-state index contributed by atoms with van der Waals surface area (Å²) in [6.45, 7) is 2.53. The summed E-state index contributed by atoms with van der Waals surface area (Å²) >= 11 is 4.08. The lowest BCUT2D eigenvalue weighted by Gasteiger charge is -2.34. The number of aliphatic hydroxyl groups is 1. The smallest absolute Gasteiger partial charge is 0.234 e. The van der Waals surface area contributed by atoms with E-state index in [1.807, 2.05) is 0 Å². The largest absolute Gasteiger partial charge is 0.393 e. The molecule has 4 heteroatoms. The normalized spacial score (nSPS) is 29.2. The minimum atomic E-state index is -0.227. The molecule has 0 aliphatic heterocycles. The van der Waals surface area contributed by atoms with Crippen LogP contribution < -0.4 is 0 Å². The number of aliphatic hydroxyl groups excluding tert-OH is 1. The third kappa shape index (κ3) is 2.88. The number of carbonyl (C=O) groups excluding carboxylic acids is 1.